The SMILES string of the molecule is COC(=O)C[C@H](C)NC(=O)[C@@H](C)OC. The highest BCUT2D eigenvalue weighted by Crippen LogP contribution is 1.95. The monoisotopic (exact) mass is 203 g/mol. The van der Waals surface area contributed by atoms with Gasteiger partial charge in [0.2, 0.25) is 5.91 Å². The van der Waals surface area contributed by atoms with E-state index in [1.807, 2.05) is 0 Å². The summed E-state index contributed by atoms with van der Waals surface area (Å²) in [4.78, 5) is 22.1. The molecule has 2 atom stereocenters. The van der Waals surface area contributed by atoms with Gasteiger partial charge in [-0.2, -0.15) is 0 Å². The summed E-state index contributed by atoms with van der Waals surface area (Å²) < 4.78 is 9.28. The van der Waals surface area contributed by atoms with Gasteiger partial charge in [-0.3, -0.25) is 9.59 Å². The van der Waals surface area contributed by atoms with Gasteiger partial charge in [-0.05, 0) is 13.8 Å². The number of amides is 1. The van der Waals surface area contributed by atoms with Gasteiger partial charge in [-0.1, -0.05) is 0 Å². The molecule has 0 saturated carbocycles. The lowest BCUT2D eigenvalue weighted by atomic mass is 10.2. The van der Waals surface area contributed by atoms with Gasteiger partial charge in [0.15, 0.2) is 0 Å². The van der Waals surface area contributed by atoms with Crippen LogP contribution in [0.5, 0.6) is 0 Å². The average Bonchev–Trinajstić information content (AvgIpc) is 2.15. The standard InChI is InChI=1S/C9H17NO4/c1-6(5-8(11)14-4)10-9(12)7(2)13-3/h6-7H,5H2,1-4H3,(H,10,12)/t6-,7+/m0/s1. The number of hydrogen-bond acceptors (Lipinski definition) is 4. The zero-order chi connectivity index (χ0) is 11.1. The molecule has 0 fully saturated rings. The minimum Gasteiger partial charge on any atom is -0.469 e. The highest BCUT2D eigenvalue weighted by molar-refractivity contribution is 5.81. The minimum absolute atomic E-state index is 0.165. The van der Waals surface area contributed by atoms with Crippen LogP contribution in [0.4, 0.5) is 0 Å². The maximum Gasteiger partial charge on any atom is 0.307 e. The fraction of sp³-hybridized carbons (Fsp3) is 0.778. The van der Waals surface area contributed by atoms with E-state index in [0.29, 0.717) is 0 Å². The van der Waals surface area contributed by atoms with Crippen LogP contribution in [0.15, 0.2) is 0 Å². The predicted molar refractivity (Wildman–Crippen MR) is 50.7 cm³/mol. The quantitative estimate of drug-likeness (QED) is 0.643. The van der Waals surface area contributed by atoms with E-state index in [1.54, 1.807) is 13.8 Å². The van der Waals surface area contributed by atoms with Gasteiger partial charge >= 0.3 is 5.97 Å². The van der Waals surface area contributed by atoms with E-state index in [1.165, 1.54) is 14.2 Å². The van der Waals surface area contributed by atoms with Crippen molar-refractivity contribution in [2.24, 2.45) is 0 Å². The number of carbonyl (C=O) groups is 2. The van der Waals surface area contributed by atoms with Crippen molar-refractivity contribution >= 4 is 11.9 Å². The zero-order valence-electron chi connectivity index (χ0n) is 8.99. The highest BCUT2D eigenvalue weighted by atomic mass is 16.5. The second-order valence-corrected chi connectivity index (χ2v) is 3.07. The molecule has 1 amide bonds. The molecule has 0 aliphatic rings. The van der Waals surface area contributed by atoms with Crippen LogP contribution >= 0.6 is 0 Å². The Morgan fingerprint density at radius 1 is 1.29 bits per heavy atom. The summed E-state index contributed by atoms with van der Waals surface area (Å²) >= 11 is 0. The number of hydrogen-bond donors (Lipinski definition) is 1. The normalized spacial score (nSPS) is 14.3. The van der Waals surface area contributed by atoms with Crippen molar-refractivity contribution in [1.82, 2.24) is 5.32 Å². The van der Waals surface area contributed by atoms with Crippen LogP contribution in [0.25, 0.3) is 0 Å². The van der Waals surface area contributed by atoms with Crippen LogP contribution in [0.3, 0.4) is 0 Å². The first-order valence-electron chi connectivity index (χ1n) is 4.41. The largest absolute Gasteiger partial charge is 0.469 e. The van der Waals surface area contributed by atoms with E-state index >= 15 is 0 Å². The number of rotatable bonds is 5. The maximum atomic E-state index is 11.3. The topological polar surface area (TPSA) is 64.6 Å². The molecule has 0 heterocycles. The maximum absolute atomic E-state index is 11.3. The molecule has 82 valence electrons. The Morgan fingerprint density at radius 3 is 2.29 bits per heavy atom. The third-order valence-corrected chi connectivity index (χ3v) is 1.81. The van der Waals surface area contributed by atoms with Crippen molar-refractivity contribution in [3.8, 4) is 0 Å². The van der Waals surface area contributed by atoms with Crippen molar-refractivity contribution in [3.05, 3.63) is 0 Å². The Hall–Kier alpha value is -1.10. The fourth-order valence-electron chi connectivity index (χ4n) is 0.852. The van der Waals surface area contributed by atoms with Gasteiger partial charge in [0.1, 0.15) is 6.10 Å². The highest BCUT2D eigenvalue weighted by Gasteiger charge is 2.16. The van der Waals surface area contributed by atoms with Gasteiger partial charge < -0.3 is 14.8 Å². The van der Waals surface area contributed by atoms with Crippen molar-refractivity contribution in [1.29, 1.82) is 0 Å². The fourth-order valence-corrected chi connectivity index (χ4v) is 0.852. The van der Waals surface area contributed by atoms with Gasteiger partial charge in [-0.15, -0.1) is 0 Å². The Balaban J connectivity index is 3.88. The van der Waals surface area contributed by atoms with Gasteiger partial charge in [0.05, 0.1) is 13.5 Å². The second kappa shape index (κ2) is 6.37. The molecular formula is C9H17NO4. The van der Waals surface area contributed by atoms with Crippen LogP contribution in [0.2, 0.25) is 0 Å². The zero-order valence-corrected chi connectivity index (χ0v) is 8.99. The smallest absolute Gasteiger partial charge is 0.307 e. The summed E-state index contributed by atoms with van der Waals surface area (Å²) in [6, 6.07) is -0.243. The van der Waals surface area contributed by atoms with E-state index < -0.39 is 6.10 Å². The molecule has 0 aliphatic heterocycles. The molecule has 0 rings (SSSR count). The molecule has 0 saturated heterocycles. The molecule has 5 nitrogen and oxygen atoms in total. The molecule has 0 radical (unpaired) electrons. The summed E-state index contributed by atoms with van der Waals surface area (Å²) in [5.41, 5.74) is 0. The van der Waals surface area contributed by atoms with Gasteiger partial charge in [0, 0.05) is 13.2 Å². The van der Waals surface area contributed by atoms with E-state index in [4.69, 9.17) is 4.74 Å². The molecule has 0 unspecified atom stereocenters. The first kappa shape index (κ1) is 12.9. The van der Waals surface area contributed by atoms with Crippen molar-refractivity contribution < 1.29 is 19.1 Å². The summed E-state index contributed by atoms with van der Waals surface area (Å²) in [7, 11) is 2.77. The second-order valence-electron chi connectivity index (χ2n) is 3.07. The summed E-state index contributed by atoms with van der Waals surface area (Å²) in [6.07, 6.45) is -0.339. The Morgan fingerprint density at radius 2 is 1.86 bits per heavy atom. The number of esters is 1. The average molecular weight is 203 g/mol. The molecule has 0 bridgehead atoms. The van der Waals surface area contributed by atoms with Gasteiger partial charge in [-0.25, -0.2) is 0 Å². The lowest BCUT2D eigenvalue weighted by Crippen LogP contribution is -2.40. The summed E-state index contributed by atoms with van der Waals surface area (Å²) in [5, 5.41) is 2.63. The molecule has 14 heavy (non-hydrogen) atoms. The van der Waals surface area contributed by atoms with Gasteiger partial charge in [0.25, 0.3) is 0 Å². The minimum atomic E-state index is -0.505. The third kappa shape index (κ3) is 4.81. The van der Waals surface area contributed by atoms with E-state index in [-0.39, 0.29) is 24.3 Å². The summed E-state index contributed by atoms with van der Waals surface area (Å²) in [6.45, 7) is 3.37. The van der Waals surface area contributed by atoms with Crippen molar-refractivity contribution in [2.45, 2.75) is 32.4 Å². The third-order valence-electron chi connectivity index (χ3n) is 1.81. The molecular weight excluding hydrogens is 186 g/mol. The molecule has 5 heteroatoms. The van der Waals surface area contributed by atoms with E-state index in [0.717, 1.165) is 0 Å². The number of methoxy groups -OCH3 is 2. The van der Waals surface area contributed by atoms with Crippen LogP contribution in [-0.2, 0) is 19.1 Å². The molecule has 0 aliphatic carbocycles. The van der Waals surface area contributed by atoms with E-state index in [2.05, 4.69) is 10.1 Å². The molecule has 0 aromatic heterocycles. The van der Waals surface area contributed by atoms with Crippen LogP contribution < -0.4 is 5.32 Å². The number of ether oxygens (including phenoxy) is 2. The first-order valence-corrected chi connectivity index (χ1v) is 4.41. The Kier molecular flexibility index (Phi) is 5.87. The molecule has 0 aromatic rings. The molecule has 1 N–H and O–H groups in total. The first-order chi connectivity index (χ1) is 6.51. The van der Waals surface area contributed by atoms with Crippen LogP contribution in [0, 0.1) is 0 Å². The van der Waals surface area contributed by atoms with Crippen LogP contribution in [-0.4, -0.2) is 38.2 Å². The lowest BCUT2D eigenvalue weighted by molar-refractivity contribution is -0.141. The Labute approximate surface area is 83.8 Å². The molecule has 0 spiro atoms. The van der Waals surface area contributed by atoms with Crippen LogP contribution in [0.1, 0.15) is 20.3 Å². The van der Waals surface area contributed by atoms with Crippen molar-refractivity contribution in [2.75, 3.05) is 14.2 Å². The summed E-state index contributed by atoms with van der Waals surface area (Å²) in [5.74, 6) is -0.577. The predicted octanol–water partition coefficient (Wildman–Crippen LogP) is 0.0891. The van der Waals surface area contributed by atoms with E-state index in [9.17, 15) is 9.59 Å². The van der Waals surface area contributed by atoms with Crippen molar-refractivity contribution in [3.63, 3.8) is 0 Å². The number of carbonyl (C=O) groups excluding carboxylic acids is 2. The number of nitrogens with one attached hydrogen (secondary N) is 1. The Bertz CT molecular complexity index is 205. The molecule has 0 aromatic carbocycles. The lowest BCUT2D eigenvalue weighted by Gasteiger charge is -2.15.